The van der Waals surface area contributed by atoms with Gasteiger partial charge in [0.2, 0.25) is 0 Å². The Labute approximate surface area is 122 Å². The largest absolute Gasteiger partial charge is 0.478 e. The Hall–Kier alpha value is -1.90. The maximum atomic E-state index is 11.9. The van der Waals surface area contributed by atoms with Gasteiger partial charge in [0.1, 0.15) is 0 Å². The molecule has 21 heavy (non-hydrogen) atoms. The van der Waals surface area contributed by atoms with E-state index in [-0.39, 0.29) is 29.6 Å². The van der Waals surface area contributed by atoms with Gasteiger partial charge < -0.3 is 15.7 Å². The van der Waals surface area contributed by atoms with Crippen LogP contribution in [0.4, 0.5) is 23.7 Å². The average molecular weight is 322 g/mol. The van der Waals surface area contributed by atoms with E-state index in [1.54, 1.807) is 6.92 Å². The fourth-order valence-corrected chi connectivity index (χ4v) is 1.87. The van der Waals surface area contributed by atoms with E-state index in [1.807, 2.05) is 0 Å². The van der Waals surface area contributed by atoms with Crippen LogP contribution in [0.15, 0.2) is 18.2 Å². The van der Waals surface area contributed by atoms with E-state index >= 15 is 0 Å². The van der Waals surface area contributed by atoms with Crippen molar-refractivity contribution < 1.29 is 27.9 Å². The molecule has 1 aromatic carbocycles. The lowest BCUT2D eigenvalue weighted by Gasteiger charge is -2.11. The Bertz CT molecular complexity index is 535. The van der Waals surface area contributed by atoms with E-state index in [2.05, 4.69) is 10.6 Å². The molecule has 0 bridgehead atoms. The molecule has 0 fully saturated rings. The van der Waals surface area contributed by atoms with Crippen molar-refractivity contribution in [2.45, 2.75) is 12.4 Å². The number of benzene rings is 1. The summed E-state index contributed by atoms with van der Waals surface area (Å²) in [5, 5.41) is 13.5. The second-order valence-electron chi connectivity index (χ2n) is 4.01. The molecule has 1 rings (SSSR count). The van der Waals surface area contributed by atoms with Crippen LogP contribution < -0.4 is 10.6 Å². The first kappa shape index (κ1) is 17.2. The summed E-state index contributed by atoms with van der Waals surface area (Å²) in [6.45, 7) is 1.48. The SMILES string of the molecule is Cc1cc(C(=O)O)ccc1NC(=O)NCCSC(F)(F)F. The van der Waals surface area contributed by atoms with Crippen molar-refractivity contribution in [2.75, 3.05) is 17.6 Å². The second-order valence-corrected chi connectivity index (χ2v) is 5.17. The number of halogens is 3. The molecule has 0 saturated carbocycles. The quantitative estimate of drug-likeness (QED) is 0.728. The lowest BCUT2D eigenvalue weighted by molar-refractivity contribution is -0.0327. The summed E-state index contributed by atoms with van der Waals surface area (Å²) in [5.74, 6) is -1.37. The van der Waals surface area contributed by atoms with Crippen LogP contribution in [-0.4, -0.2) is 34.9 Å². The van der Waals surface area contributed by atoms with Crippen molar-refractivity contribution in [1.82, 2.24) is 5.32 Å². The van der Waals surface area contributed by atoms with Crippen LogP contribution in [0.3, 0.4) is 0 Å². The van der Waals surface area contributed by atoms with Crippen molar-refractivity contribution in [3.8, 4) is 0 Å². The van der Waals surface area contributed by atoms with Crippen LogP contribution in [0.2, 0.25) is 0 Å². The summed E-state index contributed by atoms with van der Waals surface area (Å²) in [6.07, 6.45) is 0. The zero-order valence-corrected chi connectivity index (χ0v) is 11.8. The van der Waals surface area contributed by atoms with Gasteiger partial charge in [-0.3, -0.25) is 0 Å². The van der Waals surface area contributed by atoms with Crippen LogP contribution in [0.1, 0.15) is 15.9 Å². The number of carbonyl (C=O) groups excluding carboxylic acids is 1. The van der Waals surface area contributed by atoms with Crippen molar-refractivity contribution in [3.05, 3.63) is 29.3 Å². The molecule has 116 valence electrons. The first-order chi connectivity index (χ1) is 9.69. The van der Waals surface area contributed by atoms with Gasteiger partial charge in [0.05, 0.1) is 5.56 Å². The predicted molar refractivity (Wildman–Crippen MR) is 73.7 cm³/mol. The van der Waals surface area contributed by atoms with Gasteiger partial charge in [-0.1, -0.05) is 0 Å². The lowest BCUT2D eigenvalue weighted by Crippen LogP contribution is -2.31. The number of rotatable bonds is 5. The predicted octanol–water partition coefficient (Wildman–Crippen LogP) is 3.07. The summed E-state index contributed by atoms with van der Waals surface area (Å²) in [6, 6.07) is 3.48. The molecule has 0 saturated heterocycles. The average Bonchev–Trinajstić information content (AvgIpc) is 2.36. The second kappa shape index (κ2) is 7.21. The van der Waals surface area contributed by atoms with Crippen LogP contribution in [0, 0.1) is 6.92 Å². The number of aromatic carboxylic acids is 1. The topological polar surface area (TPSA) is 78.4 Å². The van der Waals surface area contributed by atoms with Gasteiger partial charge in [0.15, 0.2) is 0 Å². The van der Waals surface area contributed by atoms with Gasteiger partial charge in [-0.05, 0) is 42.4 Å². The summed E-state index contributed by atoms with van der Waals surface area (Å²) < 4.78 is 35.6. The highest BCUT2D eigenvalue weighted by atomic mass is 32.2. The molecule has 0 spiro atoms. The normalized spacial score (nSPS) is 11.0. The Morgan fingerprint density at radius 1 is 1.33 bits per heavy atom. The molecule has 0 aromatic heterocycles. The molecule has 0 aliphatic carbocycles. The highest BCUT2D eigenvalue weighted by Crippen LogP contribution is 2.29. The number of anilines is 1. The number of hydrogen-bond donors (Lipinski definition) is 3. The molecule has 0 heterocycles. The number of hydrogen-bond acceptors (Lipinski definition) is 3. The number of nitrogens with one attached hydrogen (secondary N) is 2. The Balaban J connectivity index is 2.46. The molecule has 0 atom stereocenters. The molecule has 9 heteroatoms. The van der Waals surface area contributed by atoms with Gasteiger partial charge in [-0.2, -0.15) is 13.2 Å². The van der Waals surface area contributed by atoms with Gasteiger partial charge >= 0.3 is 17.5 Å². The molecule has 0 unspecified atom stereocenters. The third-order valence-electron chi connectivity index (χ3n) is 2.37. The molecule has 1 aromatic rings. The van der Waals surface area contributed by atoms with Crippen LogP contribution in [0.5, 0.6) is 0 Å². The monoisotopic (exact) mass is 322 g/mol. The molecule has 0 aliphatic rings. The number of carboxylic acids is 1. The van der Waals surface area contributed by atoms with Crippen LogP contribution in [0.25, 0.3) is 0 Å². The Morgan fingerprint density at radius 2 is 2.00 bits per heavy atom. The molecule has 3 N–H and O–H groups in total. The van der Waals surface area contributed by atoms with E-state index in [4.69, 9.17) is 5.11 Å². The molecule has 0 aliphatic heterocycles. The van der Waals surface area contributed by atoms with Crippen LogP contribution >= 0.6 is 11.8 Å². The summed E-state index contributed by atoms with van der Waals surface area (Å²) >= 11 is -0.218. The van der Waals surface area contributed by atoms with Crippen molar-refractivity contribution >= 4 is 29.4 Å². The fraction of sp³-hybridized carbons (Fsp3) is 0.333. The smallest absolute Gasteiger partial charge is 0.441 e. The van der Waals surface area contributed by atoms with Gasteiger partial charge in [-0.25, -0.2) is 9.59 Å². The number of urea groups is 1. The summed E-state index contributed by atoms with van der Waals surface area (Å²) in [5.41, 5.74) is -3.31. The van der Waals surface area contributed by atoms with E-state index in [0.29, 0.717) is 11.3 Å². The number of carbonyl (C=O) groups is 2. The Morgan fingerprint density at radius 3 is 2.52 bits per heavy atom. The number of alkyl halides is 3. The maximum absolute atomic E-state index is 11.9. The van der Waals surface area contributed by atoms with Gasteiger partial charge in [-0.15, -0.1) is 0 Å². The molecular formula is C12H13F3N2O3S. The Kier molecular flexibility index (Phi) is 5.89. The molecular weight excluding hydrogens is 309 g/mol. The standard InChI is InChI=1S/C12H13F3N2O3S/c1-7-6-8(10(18)19)2-3-9(7)17-11(20)16-4-5-21-12(13,14)15/h2-3,6H,4-5H2,1H3,(H,18,19)(H2,16,17,20). The van der Waals surface area contributed by atoms with E-state index in [1.165, 1.54) is 18.2 Å². The zero-order valence-electron chi connectivity index (χ0n) is 11.0. The van der Waals surface area contributed by atoms with Crippen molar-refractivity contribution in [1.29, 1.82) is 0 Å². The molecule has 0 radical (unpaired) electrons. The van der Waals surface area contributed by atoms with E-state index in [9.17, 15) is 22.8 Å². The van der Waals surface area contributed by atoms with Gasteiger partial charge in [0.25, 0.3) is 0 Å². The lowest BCUT2D eigenvalue weighted by atomic mass is 10.1. The fourth-order valence-electron chi connectivity index (χ4n) is 1.43. The highest BCUT2D eigenvalue weighted by Gasteiger charge is 2.27. The third-order valence-corrected chi connectivity index (χ3v) is 3.11. The third kappa shape index (κ3) is 6.39. The minimum atomic E-state index is -4.32. The van der Waals surface area contributed by atoms with Crippen molar-refractivity contribution in [3.63, 3.8) is 0 Å². The number of carboxylic acid groups (broad SMARTS) is 1. The summed E-state index contributed by atoms with van der Waals surface area (Å²) in [4.78, 5) is 22.2. The number of amides is 2. The van der Waals surface area contributed by atoms with Gasteiger partial charge in [0, 0.05) is 18.0 Å². The van der Waals surface area contributed by atoms with E-state index in [0.717, 1.165) is 0 Å². The minimum Gasteiger partial charge on any atom is -0.478 e. The van der Waals surface area contributed by atoms with E-state index < -0.39 is 17.5 Å². The molecule has 2 amide bonds. The number of aryl methyl sites for hydroxylation is 1. The summed E-state index contributed by atoms with van der Waals surface area (Å²) in [7, 11) is 0. The maximum Gasteiger partial charge on any atom is 0.441 e. The highest BCUT2D eigenvalue weighted by molar-refractivity contribution is 8.00. The number of thioether (sulfide) groups is 1. The first-order valence-corrected chi connectivity index (χ1v) is 6.77. The van der Waals surface area contributed by atoms with Crippen molar-refractivity contribution in [2.24, 2.45) is 0 Å². The van der Waals surface area contributed by atoms with Crippen LogP contribution in [-0.2, 0) is 0 Å². The minimum absolute atomic E-state index is 0.0834. The zero-order chi connectivity index (χ0) is 16.0. The first-order valence-electron chi connectivity index (χ1n) is 5.78. The molecule has 5 nitrogen and oxygen atoms in total.